The van der Waals surface area contributed by atoms with Crippen LogP contribution in [-0.4, -0.2) is 47.1 Å². The Bertz CT molecular complexity index is 1280. The highest BCUT2D eigenvalue weighted by Crippen LogP contribution is 2.72. The minimum absolute atomic E-state index is 0.0128. The molecule has 3 fully saturated rings. The fourth-order valence-corrected chi connectivity index (χ4v) is 8.60. The second-order valence-electron chi connectivity index (χ2n) is 13.5. The molecule has 2 bridgehead atoms. The molecule has 0 amide bonds. The summed E-state index contributed by atoms with van der Waals surface area (Å²) >= 11 is 0. The number of rotatable bonds is 2. The highest BCUT2D eigenvalue weighted by Gasteiger charge is 2.77. The van der Waals surface area contributed by atoms with Gasteiger partial charge in [-0.15, -0.1) is 0 Å². The van der Waals surface area contributed by atoms with Crippen molar-refractivity contribution in [3.05, 3.63) is 58.2 Å². The predicted octanol–water partition coefficient (Wildman–Crippen LogP) is 5.10. The van der Waals surface area contributed by atoms with Crippen molar-refractivity contribution in [2.45, 2.75) is 85.4 Å². The van der Waals surface area contributed by atoms with Gasteiger partial charge < -0.3 is 19.3 Å². The minimum Gasteiger partial charge on any atom is -0.451 e. The zero-order valence-electron chi connectivity index (χ0n) is 23.8. The number of hydrogen-bond acceptors (Lipinski definition) is 6. The number of carbonyl (C=O) groups is 2. The van der Waals surface area contributed by atoms with Gasteiger partial charge in [0.15, 0.2) is 23.3 Å². The Morgan fingerprint density at radius 3 is 2.42 bits per heavy atom. The van der Waals surface area contributed by atoms with Crippen molar-refractivity contribution < 1.29 is 28.9 Å². The summed E-state index contributed by atoms with van der Waals surface area (Å²) in [5.74, 6) is -1.39. The van der Waals surface area contributed by atoms with Crippen LogP contribution >= 0.6 is 0 Å². The van der Waals surface area contributed by atoms with E-state index in [1.54, 1.807) is 0 Å². The van der Waals surface area contributed by atoms with Crippen molar-refractivity contribution in [1.29, 1.82) is 0 Å². The van der Waals surface area contributed by atoms with Crippen LogP contribution in [0.1, 0.15) is 69.4 Å². The average Bonchev–Trinajstić information content (AvgIpc) is 3.31. The van der Waals surface area contributed by atoms with Crippen molar-refractivity contribution in [3.63, 3.8) is 0 Å². The van der Waals surface area contributed by atoms with Gasteiger partial charge in [-0.1, -0.05) is 51.1 Å². The lowest BCUT2D eigenvalue weighted by Crippen LogP contribution is -2.68. The lowest BCUT2D eigenvalue weighted by atomic mass is 9.59. The Morgan fingerprint density at radius 1 is 1.11 bits per heavy atom. The maximum atomic E-state index is 14.8. The highest BCUT2D eigenvalue weighted by molar-refractivity contribution is 5.96. The van der Waals surface area contributed by atoms with Crippen LogP contribution < -0.4 is 0 Å². The van der Waals surface area contributed by atoms with E-state index < -0.39 is 35.0 Å². The average molecular weight is 521 g/mol. The molecule has 38 heavy (non-hydrogen) atoms. The normalized spacial score (nSPS) is 42.0. The van der Waals surface area contributed by atoms with Gasteiger partial charge in [0.05, 0.1) is 17.6 Å². The molecule has 0 aromatic heterocycles. The molecule has 0 radical (unpaired) electrons. The van der Waals surface area contributed by atoms with E-state index in [0.29, 0.717) is 17.1 Å². The molecular weight excluding hydrogens is 480 g/mol. The summed E-state index contributed by atoms with van der Waals surface area (Å²) in [5.41, 5.74) is 0.560. The number of carbonyl (C=O) groups excluding carboxylic acids is 2. The SMILES string of the molecule is CC1=C[C@]23C(=O)[C@@H](C=C4COC(C)(C)O[C@H]4[C@]2(O)[C@H]1OC(=O)c1c(C)cccc1C)[C@H]1[C@@H](C[C@H]3C)C1(C)C. The molecule has 4 aliphatic carbocycles. The maximum absolute atomic E-state index is 14.8. The molecule has 1 aromatic rings. The van der Waals surface area contributed by atoms with Crippen LogP contribution in [0.3, 0.4) is 0 Å². The topological polar surface area (TPSA) is 82.1 Å². The van der Waals surface area contributed by atoms with Gasteiger partial charge >= 0.3 is 5.97 Å². The zero-order chi connectivity index (χ0) is 27.6. The van der Waals surface area contributed by atoms with Gasteiger partial charge in [-0.3, -0.25) is 4.79 Å². The molecule has 204 valence electrons. The second-order valence-corrected chi connectivity index (χ2v) is 13.5. The number of esters is 1. The molecule has 1 saturated heterocycles. The Kier molecular flexibility index (Phi) is 5.39. The van der Waals surface area contributed by atoms with E-state index >= 15 is 0 Å². The number of ketones is 1. The number of fused-ring (bicyclic) bond motifs is 5. The lowest BCUT2D eigenvalue weighted by Gasteiger charge is -2.52. The zero-order valence-corrected chi connectivity index (χ0v) is 23.8. The third-order valence-corrected chi connectivity index (χ3v) is 10.6. The first-order valence-corrected chi connectivity index (χ1v) is 13.9. The summed E-state index contributed by atoms with van der Waals surface area (Å²) in [4.78, 5) is 28.5. The van der Waals surface area contributed by atoms with Crippen molar-refractivity contribution in [1.82, 2.24) is 0 Å². The largest absolute Gasteiger partial charge is 0.451 e. The number of aryl methyl sites for hydroxylation is 2. The lowest BCUT2D eigenvalue weighted by molar-refractivity contribution is -0.302. The fraction of sp³-hybridized carbons (Fsp3) is 0.625. The molecule has 2 saturated carbocycles. The standard InChI is InChI=1S/C32H40O6/c1-16-10-9-11-17(2)23(16)28(34)37-26-18(3)14-31-19(4)12-22-24(29(22,5)6)21(25(31)33)13-20-15-36-30(7,8)38-27(20)32(26,31)35/h9-11,13-14,19,21-22,24,26-27,35H,12,15H2,1-8H3/t19-,21+,22-,24+,26+,27-,31+,32-/m1/s1. The summed E-state index contributed by atoms with van der Waals surface area (Å²) in [5, 5.41) is 13.1. The Labute approximate surface area is 225 Å². The van der Waals surface area contributed by atoms with Crippen molar-refractivity contribution >= 4 is 11.8 Å². The Morgan fingerprint density at radius 2 is 1.76 bits per heavy atom. The molecule has 1 heterocycles. The number of ether oxygens (including phenoxy) is 3. The van der Waals surface area contributed by atoms with E-state index in [-0.39, 0.29) is 35.6 Å². The van der Waals surface area contributed by atoms with Crippen LogP contribution in [0.15, 0.2) is 41.5 Å². The van der Waals surface area contributed by atoms with Crippen LogP contribution in [-0.2, 0) is 19.0 Å². The molecule has 6 nitrogen and oxygen atoms in total. The quantitative estimate of drug-likeness (QED) is 0.432. The van der Waals surface area contributed by atoms with Gasteiger partial charge in [-0.2, -0.15) is 0 Å². The summed E-state index contributed by atoms with van der Waals surface area (Å²) in [7, 11) is 0. The number of benzene rings is 1. The molecule has 1 N–H and O–H groups in total. The molecule has 6 rings (SSSR count). The van der Waals surface area contributed by atoms with Crippen LogP contribution in [0.4, 0.5) is 0 Å². The van der Waals surface area contributed by atoms with Gasteiger partial charge in [0, 0.05) is 5.92 Å². The van der Waals surface area contributed by atoms with Crippen molar-refractivity contribution in [3.8, 4) is 0 Å². The summed E-state index contributed by atoms with van der Waals surface area (Å²) in [6.45, 7) is 16.1. The molecule has 1 aliphatic heterocycles. The Hall–Kier alpha value is -2.28. The molecular formula is C32H40O6. The van der Waals surface area contributed by atoms with Gasteiger partial charge in [0.2, 0.25) is 0 Å². The predicted molar refractivity (Wildman–Crippen MR) is 142 cm³/mol. The van der Waals surface area contributed by atoms with Gasteiger partial charge in [0.25, 0.3) is 0 Å². The van der Waals surface area contributed by atoms with E-state index in [9.17, 15) is 14.7 Å². The number of hydrogen-bond donors (Lipinski definition) is 1. The summed E-state index contributed by atoms with van der Waals surface area (Å²) < 4.78 is 18.8. The molecule has 8 atom stereocenters. The highest BCUT2D eigenvalue weighted by atomic mass is 16.7. The van der Waals surface area contributed by atoms with E-state index in [1.165, 1.54) is 0 Å². The molecule has 1 aromatic carbocycles. The number of aliphatic hydroxyl groups is 1. The van der Waals surface area contributed by atoms with E-state index in [4.69, 9.17) is 14.2 Å². The van der Waals surface area contributed by atoms with E-state index in [2.05, 4.69) is 20.8 Å². The number of allylic oxidation sites excluding steroid dienone is 1. The van der Waals surface area contributed by atoms with Crippen LogP contribution in [0, 0.1) is 48.3 Å². The summed E-state index contributed by atoms with van der Waals surface area (Å²) in [6.07, 6.45) is 2.88. The smallest absolute Gasteiger partial charge is 0.339 e. The summed E-state index contributed by atoms with van der Waals surface area (Å²) in [6, 6.07) is 5.66. The molecule has 0 unspecified atom stereocenters. The first-order valence-electron chi connectivity index (χ1n) is 13.9. The minimum atomic E-state index is -1.80. The maximum Gasteiger partial charge on any atom is 0.339 e. The molecule has 5 aliphatic rings. The second kappa shape index (κ2) is 7.89. The van der Waals surface area contributed by atoms with Crippen LogP contribution in [0.5, 0.6) is 0 Å². The van der Waals surface area contributed by atoms with Crippen LogP contribution in [0.2, 0.25) is 0 Å². The monoisotopic (exact) mass is 520 g/mol. The third kappa shape index (κ3) is 3.17. The number of Topliss-reactive ketones (excluding diaryl/α,β-unsaturated/α-hetero) is 1. The van der Waals surface area contributed by atoms with Crippen LogP contribution in [0.25, 0.3) is 0 Å². The van der Waals surface area contributed by atoms with E-state index in [0.717, 1.165) is 23.1 Å². The van der Waals surface area contributed by atoms with E-state index in [1.807, 2.05) is 65.0 Å². The first-order chi connectivity index (χ1) is 17.7. The molecule has 6 heteroatoms. The van der Waals surface area contributed by atoms with Gasteiger partial charge in [0.1, 0.15) is 6.10 Å². The van der Waals surface area contributed by atoms with Gasteiger partial charge in [-0.25, -0.2) is 4.79 Å². The fourth-order valence-electron chi connectivity index (χ4n) is 8.60. The first kappa shape index (κ1) is 26.0. The van der Waals surface area contributed by atoms with Gasteiger partial charge in [-0.05, 0) is 86.5 Å². The third-order valence-electron chi connectivity index (χ3n) is 10.6. The Balaban J connectivity index is 1.53. The van der Waals surface area contributed by atoms with Crippen molar-refractivity contribution in [2.75, 3.05) is 6.61 Å². The molecule has 1 spiro atoms. The van der Waals surface area contributed by atoms with Crippen molar-refractivity contribution in [2.24, 2.45) is 34.5 Å².